The monoisotopic (exact) mass is 496 g/mol. The Morgan fingerprint density at radius 1 is 1.00 bits per heavy atom. The molecule has 0 aromatic heterocycles. The SMILES string of the molecule is COCC(=O)Nc1ccc(N2CCN(C(=O)C3CCCC3)CC2)c(C(=O)NCc2ccc(F)cc2)c1. The van der Waals surface area contributed by atoms with Gasteiger partial charge in [-0.05, 0) is 48.7 Å². The van der Waals surface area contributed by atoms with Gasteiger partial charge in [0.1, 0.15) is 12.4 Å². The predicted molar refractivity (Wildman–Crippen MR) is 135 cm³/mol. The van der Waals surface area contributed by atoms with Crippen molar-refractivity contribution in [2.24, 2.45) is 5.92 Å². The minimum atomic E-state index is -0.336. The number of nitrogens with one attached hydrogen (secondary N) is 2. The minimum Gasteiger partial charge on any atom is -0.375 e. The lowest BCUT2D eigenvalue weighted by Crippen LogP contribution is -2.50. The summed E-state index contributed by atoms with van der Waals surface area (Å²) in [7, 11) is 1.44. The van der Waals surface area contributed by atoms with Crippen LogP contribution in [0.5, 0.6) is 0 Å². The maximum Gasteiger partial charge on any atom is 0.253 e. The molecule has 3 amide bonds. The molecule has 2 fully saturated rings. The summed E-state index contributed by atoms with van der Waals surface area (Å²) in [5, 5.41) is 5.64. The van der Waals surface area contributed by atoms with Gasteiger partial charge in [-0.1, -0.05) is 25.0 Å². The van der Waals surface area contributed by atoms with Crippen molar-refractivity contribution >= 4 is 29.1 Å². The third-order valence-electron chi connectivity index (χ3n) is 6.80. The molecule has 9 heteroatoms. The highest BCUT2D eigenvalue weighted by Gasteiger charge is 2.30. The van der Waals surface area contributed by atoms with Crippen LogP contribution >= 0.6 is 0 Å². The van der Waals surface area contributed by atoms with Crippen LogP contribution in [0.25, 0.3) is 0 Å². The summed E-state index contributed by atoms with van der Waals surface area (Å²) in [6, 6.07) is 11.2. The van der Waals surface area contributed by atoms with Crippen molar-refractivity contribution in [3.05, 3.63) is 59.4 Å². The Hall–Kier alpha value is -3.46. The lowest BCUT2D eigenvalue weighted by atomic mass is 10.1. The molecule has 0 spiro atoms. The second-order valence-corrected chi connectivity index (χ2v) is 9.32. The van der Waals surface area contributed by atoms with E-state index in [2.05, 4.69) is 15.5 Å². The molecule has 8 nitrogen and oxygen atoms in total. The second kappa shape index (κ2) is 12.0. The zero-order chi connectivity index (χ0) is 25.5. The van der Waals surface area contributed by atoms with Crippen LogP contribution in [0.3, 0.4) is 0 Å². The zero-order valence-electron chi connectivity index (χ0n) is 20.6. The number of methoxy groups -OCH3 is 1. The van der Waals surface area contributed by atoms with Crippen molar-refractivity contribution in [3.8, 4) is 0 Å². The molecule has 1 saturated heterocycles. The van der Waals surface area contributed by atoms with Crippen LogP contribution in [0, 0.1) is 11.7 Å². The van der Waals surface area contributed by atoms with Gasteiger partial charge in [-0.2, -0.15) is 0 Å². The number of amides is 3. The first kappa shape index (κ1) is 25.6. The number of piperazine rings is 1. The molecule has 36 heavy (non-hydrogen) atoms. The molecule has 1 aliphatic heterocycles. The van der Waals surface area contributed by atoms with Gasteiger partial charge in [0.25, 0.3) is 5.91 Å². The fourth-order valence-corrected chi connectivity index (χ4v) is 4.88. The number of ether oxygens (including phenoxy) is 1. The topological polar surface area (TPSA) is 91.0 Å². The summed E-state index contributed by atoms with van der Waals surface area (Å²) < 4.78 is 18.1. The molecule has 2 aromatic rings. The van der Waals surface area contributed by atoms with Crippen LogP contribution in [0.2, 0.25) is 0 Å². The standard InChI is InChI=1S/C27H33FN4O4/c1-36-18-25(33)30-22-10-11-24(23(16-22)26(34)29-17-19-6-8-21(28)9-7-19)31-12-14-32(15-13-31)27(35)20-4-2-3-5-20/h6-11,16,20H,2-5,12-15,17-18H2,1H3,(H,29,34)(H,30,33). The average molecular weight is 497 g/mol. The van der Waals surface area contributed by atoms with Crippen molar-refractivity contribution in [2.45, 2.75) is 32.2 Å². The van der Waals surface area contributed by atoms with E-state index in [9.17, 15) is 18.8 Å². The quantitative estimate of drug-likeness (QED) is 0.586. The Bertz CT molecular complexity index is 1080. The first-order valence-corrected chi connectivity index (χ1v) is 12.4. The van der Waals surface area contributed by atoms with Crippen molar-refractivity contribution < 1.29 is 23.5 Å². The van der Waals surface area contributed by atoms with E-state index < -0.39 is 0 Å². The Morgan fingerprint density at radius 3 is 2.36 bits per heavy atom. The van der Waals surface area contributed by atoms with Gasteiger partial charge < -0.3 is 25.2 Å². The van der Waals surface area contributed by atoms with Gasteiger partial charge in [-0.15, -0.1) is 0 Å². The van der Waals surface area contributed by atoms with E-state index in [4.69, 9.17) is 4.74 Å². The van der Waals surface area contributed by atoms with Gasteiger partial charge in [0.2, 0.25) is 11.8 Å². The second-order valence-electron chi connectivity index (χ2n) is 9.32. The number of nitrogens with zero attached hydrogens (tertiary/aromatic N) is 2. The van der Waals surface area contributed by atoms with E-state index in [0.29, 0.717) is 37.4 Å². The molecular formula is C27H33FN4O4. The number of carbonyl (C=O) groups is 3. The van der Waals surface area contributed by atoms with Crippen molar-refractivity contribution in [1.82, 2.24) is 10.2 Å². The van der Waals surface area contributed by atoms with Crippen LogP contribution in [0.4, 0.5) is 15.8 Å². The number of anilines is 2. The molecule has 2 aliphatic rings. The zero-order valence-corrected chi connectivity index (χ0v) is 20.6. The minimum absolute atomic E-state index is 0.0924. The molecule has 0 radical (unpaired) electrons. The Balaban J connectivity index is 1.48. The molecule has 0 unspecified atom stereocenters. The summed E-state index contributed by atoms with van der Waals surface area (Å²) in [5.41, 5.74) is 2.42. The maximum atomic E-state index is 13.2. The van der Waals surface area contributed by atoms with Gasteiger partial charge in [0, 0.05) is 57.1 Å². The first-order valence-electron chi connectivity index (χ1n) is 12.4. The van der Waals surface area contributed by atoms with E-state index in [0.717, 1.165) is 36.9 Å². The Morgan fingerprint density at radius 2 is 1.69 bits per heavy atom. The highest BCUT2D eigenvalue weighted by atomic mass is 19.1. The fourth-order valence-electron chi connectivity index (χ4n) is 4.88. The largest absolute Gasteiger partial charge is 0.375 e. The maximum absolute atomic E-state index is 13.2. The van der Waals surface area contributed by atoms with E-state index >= 15 is 0 Å². The molecular weight excluding hydrogens is 463 g/mol. The van der Waals surface area contributed by atoms with Gasteiger partial charge in [-0.3, -0.25) is 14.4 Å². The smallest absolute Gasteiger partial charge is 0.253 e. The first-order chi connectivity index (χ1) is 17.4. The lowest BCUT2D eigenvalue weighted by Gasteiger charge is -2.38. The molecule has 2 aromatic carbocycles. The molecule has 4 rings (SSSR count). The molecule has 192 valence electrons. The Kier molecular flexibility index (Phi) is 8.53. The van der Waals surface area contributed by atoms with Gasteiger partial charge in [0.05, 0.1) is 5.56 Å². The fraction of sp³-hybridized carbons (Fsp3) is 0.444. The highest BCUT2D eigenvalue weighted by Crippen LogP contribution is 2.29. The van der Waals surface area contributed by atoms with E-state index in [-0.39, 0.29) is 42.6 Å². The average Bonchev–Trinajstić information content (AvgIpc) is 3.43. The highest BCUT2D eigenvalue weighted by molar-refractivity contribution is 6.02. The van der Waals surface area contributed by atoms with Crippen molar-refractivity contribution in [1.29, 1.82) is 0 Å². The van der Waals surface area contributed by atoms with E-state index in [1.165, 1.54) is 19.2 Å². The van der Waals surface area contributed by atoms with E-state index in [1.807, 2.05) is 11.0 Å². The van der Waals surface area contributed by atoms with Crippen LogP contribution in [0.1, 0.15) is 41.6 Å². The number of halogens is 1. The number of benzene rings is 2. The van der Waals surface area contributed by atoms with Crippen LogP contribution in [-0.4, -0.2) is 62.5 Å². The molecule has 1 saturated carbocycles. The predicted octanol–water partition coefficient (Wildman–Crippen LogP) is 3.18. The van der Waals surface area contributed by atoms with Gasteiger partial charge >= 0.3 is 0 Å². The van der Waals surface area contributed by atoms with Crippen LogP contribution in [-0.2, 0) is 20.9 Å². The summed E-state index contributed by atoms with van der Waals surface area (Å²) in [6.07, 6.45) is 4.21. The van der Waals surface area contributed by atoms with Crippen LogP contribution < -0.4 is 15.5 Å². The molecule has 0 atom stereocenters. The third-order valence-corrected chi connectivity index (χ3v) is 6.80. The van der Waals surface area contributed by atoms with Crippen LogP contribution in [0.15, 0.2) is 42.5 Å². The summed E-state index contributed by atoms with van der Waals surface area (Å²) in [6.45, 7) is 2.60. The normalized spacial score (nSPS) is 16.2. The van der Waals surface area contributed by atoms with Gasteiger partial charge in [0.15, 0.2) is 0 Å². The summed E-state index contributed by atoms with van der Waals surface area (Å²) in [4.78, 5) is 42.1. The summed E-state index contributed by atoms with van der Waals surface area (Å²) in [5.74, 6) is -0.555. The molecule has 1 aliphatic carbocycles. The number of carbonyl (C=O) groups excluding carboxylic acids is 3. The van der Waals surface area contributed by atoms with Crippen molar-refractivity contribution in [2.75, 3.05) is 50.1 Å². The molecule has 0 bridgehead atoms. The van der Waals surface area contributed by atoms with Gasteiger partial charge in [-0.25, -0.2) is 4.39 Å². The number of rotatable bonds is 8. The van der Waals surface area contributed by atoms with Crippen molar-refractivity contribution in [3.63, 3.8) is 0 Å². The Labute approximate surface area is 210 Å². The number of hydrogen-bond acceptors (Lipinski definition) is 5. The molecule has 2 N–H and O–H groups in total. The summed E-state index contributed by atoms with van der Waals surface area (Å²) >= 11 is 0. The third kappa shape index (κ3) is 6.40. The number of hydrogen-bond donors (Lipinski definition) is 2. The lowest BCUT2D eigenvalue weighted by molar-refractivity contribution is -0.135. The van der Waals surface area contributed by atoms with E-state index in [1.54, 1.807) is 24.3 Å². The molecule has 1 heterocycles.